The molecule has 11 heteroatoms. The zero-order chi connectivity index (χ0) is 36.8. The lowest BCUT2D eigenvalue weighted by atomic mass is 10.1. The first-order chi connectivity index (χ1) is 23.2. The third kappa shape index (κ3) is 22.7. The largest absolute Gasteiger partial charge is 0.477 e. The molecule has 0 amide bonds. The van der Waals surface area contributed by atoms with Gasteiger partial charge in [-0.3, -0.25) is 0 Å². The maximum absolute atomic E-state index is 5.83. The van der Waals surface area contributed by atoms with E-state index in [1.807, 2.05) is 0 Å². The van der Waals surface area contributed by atoms with Crippen molar-refractivity contribution in [2.45, 2.75) is 122 Å². The average molecular weight is 756 g/mol. The van der Waals surface area contributed by atoms with Crippen LogP contribution in [0.15, 0.2) is 10.5 Å². The lowest BCUT2D eigenvalue weighted by molar-refractivity contribution is 0.230. The van der Waals surface area contributed by atoms with Crippen molar-refractivity contribution in [1.29, 1.82) is 0 Å². The van der Waals surface area contributed by atoms with Crippen molar-refractivity contribution < 1.29 is 28.4 Å². The van der Waals surface area contributed by atoms with Crippen LogP contribution in [0, 0.1) is 35.5 Å². The minimum Gasteiger partial charge on any atom is -0.477 e. The van der Waals surface area contributed by atoms with Crippen LogP contribution in [0.5, 0.6) is 35.5 Å². The molecular formula is C38H67BrN4O6. The lowest BCUT2D eigenvalue weighted by Crippen LogP contribution is -2.10. The third-order valence-corrected chi connectivity index (χ3v) is 7.72. The molecule has 282 valence electrons. The summed E-state index contributed by atoms with van der Waals surface area (Å²) in [6.07, 6.45) is 5.80. The molecule has 2 rings (SSSR count). The molecule has 0 saturated carbocycles. The Morgan fingerprint density at radius 1 is 0.408 bits per heavy atom. The number of aromatic nitrogens is 4. The zero-order valence-electron chi connectivity index (χ0n) is 32.6. The fraction of sp³-hybridized carbons (Fsp3) is 0.789. The van der Waals surface area contributed by atoms with Crippen LogP contribution in [-0.2, 0) is 0 Å². The summed E-state index contributed by atoms with van der Waals surface area (Å²) in [4.78, 5) is 17.4. The van der Waals surface area contributed by atoms with Crippen molar-refractivity contribution >= 4 is 15.9 Å². The highest BCUT2D eigenvalue weighted by Crippen LogP contribution is 2.34. The molecule has 0 aromatic carbocycles. The van der Waals surface area contributed by atoms with E-state index in [4.69, 9.17) is 28.4 Å². The van der Waals surface area contributed by atoms with Gasteiger partial charge in [0.2, 0.25) is 23.5 Å². The summed E-state index contributed by atoms with van der Waals surface area (Å²) in [6, 6.07) is 2.39. The molecule has 0 bridgehead atoms. The number of hydrogen-bond donors (Lipinski definition) is 0. The van der Waals surface area contributed by atoms with Gasteiger partial charge in [0.1, 0.15) is 4.47 Å². The van der Waals surface area contributed by atoms with Crippen LogP contribution in [0.25, 0.3) is 0 Å². The summed E-state index contributed by atoms with van der Waals surface area (Å²) in [5.74, 6) is 5.48. The minimum atomic E-state index is 0.308. The number of nitrogens with zero attached hydrogens (tertiary/aromatic N) is 4. The Morgan fingerprint density at radius 3 is 0.980 bits per heavy atom. The second kappa shape index (κ2) is 25.4. The normalized spacial score (nSPS) is 11.4. The van der Waals surface area contributed by atoms with E-state index >= 15 is 0 Å². The summed E-state index contributed by atoms with van der Waals surface area (Å²) in [6.45, 7) is 29.6. The van der Waals surface area contributed by atoms with Gasteiger partial charge in [-0.1, -0.05) is 83.1 Å². The Balaban J connectivity index is 0.000000490. The van der Waals surface area contributed by atoms with E-state index in [0.29, 0.717) is 115 Å². The molecule has 0 spiro atoms. The average Bonchev–Trinajstić information content (AvgIpc) is 2.98. The van der Waals surface area contributed by atoms with Crippen molar-refractivity contribution in [3.63, 3.8) is 0 Å². The fourth-order valence-corrected chi connectivity index (χ4v) is 4.00. The van der Waals surface area contributed by atoms with Crippen LogP contribution in [0.2, 0.25) is 0 Å². The predicted octanol–water partition coefficient (Wildman–Crippen LogP) is 10.3. The number of rotatable bonds is 24. The topological polar surface area (TPSA) is 107 Å². The number of halogens is 1. The van der Waals surface area contributed by atoms with Crippen molar-refractivity contribution in [3.05, 3.63) is 10.5 Å². The fourth-order valence-electron chi connectivity index (χ4n) is 3.59. The first-order valence-corrected chi connectivity index (χ1v) is 19.2. The molecule has 0 atom stereocenters. The summed E-state index contributed by atoms with van der Waals surface area (Å²) in [7, 11) is 0. The first kappa shape index (κ1) is 44.5. The van der Waals surface area contributed by atoms with E-state index in [1.54, 1.807) is 6.07 Å². The van der Waals surface area contributed by atoms with Crippen LogP contribution in [-0.4, -0.2) is 59.6 Å². The molecule has 10 nitrogen and oxygen atoms in total. The Labute approximate surface area is 306 Å². The van der Waals surface area contributed by atoms with Gasteiger partial charge in [0, 0.05) is 0 Å². The highest BCUT2D eigenvalue weighted by molar-refractivity contribution is 9.10. The van der Waals surface area contributed by atoms with E-state index in [1.165, 1.54) is 0 Å². The van der Waals surface area contributed by atoms with Gasteiger partial charge in [0.15, 0.2) is 0 Å². The van der Waals surface area contributed by atoms with Crippen LogP contribution in [0.4, 0.5) is 0 Å². The standard InChI is InChI=1S/C19H33BrN2O3.C19H34N2O3/c1-13(2)7-10-23-17-16(20)18(24-11-8-14(3)4)22-19(21-17)25-12-9-15(5)6;1-14(2)7-10-22-17-13-18(23-11-8-15(3)4)21-19(20-17)24-12-9-16(5)6/h13-15H,7-12H2,1-6H3;13-16H,7-12H2,1-6H3. The van der Waals surface area contributed by atoms with Gasteiger partial charge in [0.25, 0.3) is 0 Å². The smallest absolute Gasteiger partial charge is 0.323 e. The van der Waals surface area contributed by atoms with Gasteiger partial charge in [-0.05, 0) is 90.0 Å². The molecule has 0 unspecified atom stereocenters. The van der Waals surface area contributed by atoms with Crippen LogP contribution < -0.4 is 28.4 Å². The van der Waals surface area contributed by atoms with Crippen molar-refractivity contribution in [3.8, 4) is 35.5 Å². The minimum absolute atomic E-state index is 0.308. The van der Waals surface area contributed by atoms with Crippen LogP contribution >= 0.6 is 15.9 Å². The van der Waals surface area contributed by atoms with Crippen LogP contribution in [0.1, 0.15) is 122 Å². The van der Waals surface area contributed by atoms with Crippen molar-refractivity contribution in [2.75, 3.05) is 39.6 Å². The van der Waals surface area contributed by atoms with Gasteiger partial charge >= 0.3 is 12.0 Å². The van der Waals surface area contributed by atoms with Gasteiger partial charge in [0.05, 0.1) is 45.7 Å². The second-order valence-corrected chi connectivity index (χ2v) is 15.7. The predicted molar refractivity (Wildman–Crippen MR) is 201 cm³/mol. The zero-order valence-corrected chi connectivity index (χ0v) is 34.2. The molecular weight excluding hydrogens is 688 g/mol. The monoisotopic (exact) mass is 754 g/mol. The van der Waals surface area contributed by atoms with E-state index in [2.05, 4.69) is 119 Å². The first-order valence-electron chi connectivity index (χ1n) is 18.4. The second-order valence-electron chi connectivity index (χ2n) is 14.9. The number of ether oxygens (including phenoxy) is 6. The molecule has 0 N–H and O–H groups in total. The molecule has 0 aliphatic heterocycles. The maximum atomic E-state index is 5.83. The van der Waals surface area contributed by atoms with Crippen molar-refractivity contribution in [1.82, 2.24) is 19.9 Å². The van der Waals surface area contributed by atoms with Crippen LogP contribution in [0.3, 0.4) is 0 Å². The third-order valence-electron chi connectivity index (χ3n) is 7.04. The Bertz CT molecular complexity index is 1030. The summed E-state index contributed by atoms with van der Waals surface area (Å²) >= 11 is 3.51. The Morgan fingerprint density at radius 2 is 0.673 bits per heavy atom. The molecule has 2 aromatic rings. The molecule has 0 aliphatic rings. The summed E-state index contributed by atoms with van der Waals surface area (Å²) in [5.41, 5.74) is 0. The molecule has 0 fully saturated rings. The molecule has 0 saturated heterocycles. The SMILES string of the molecule is CC(C)CCOc1cc(OCCC(C)C)nc(OCCC(C)C)n1.CC(C)CCOc1nc(OCCC(C)C)c(Br)c(OCCC(C)C)n1. The lowest BCUT2D eigenvalue weighted by Gasteiger charge is -2.14. The van der Waals surface area contributed by atoms with E-state index in [0.717, 1.165) is 38.5 Å². The molecule has 49 heavy (non-hydrogen) atoms. The van der Waals surface area contributed by atoms with Gasteiger partial charge in [-0.25, -0.2) is 0 Å². The van der Waals surface area contributed by atoms with Gasteiger partial charge < -0.3 is 28.4 Å². The Hall–Kier alpha value is -2.56. The number of hydrogen-bond acceptors (Lipinski definition) is 10. The van der Waals surface area contributed by atoms with Gasteiger partial charge in [-0.2, -0.15) is 19.9 Å². The maximum Gasteiger partial charge on any atom is 0.323 e. The quantitative estimate of drug-likeness (QED) is 0.103. The molecule has 2 heterocycles. The van der Waals surface area contributed by atoms with Crippen molar-refractivity contribution in [2.24, 2.45) is 35.5 Å². The highest BCUT2D eigenvalue weighted by atomic mass is 79.9. The summed E-state index contributed by atoms with van der Waals surface area (Å²) < 4.78 is 35.2. The molecule has 0 radical (unpaired) electrons. The van der Waals surface area contributed by atoms with E-state index in [9.17, 15) is 0 Å². The van der Waals surface area contributed by atoms with E-state index in [-0.39, 0.29) is 0 Å². The highest BCUT2D eigenvalue weighted by Gasteiger charge is 2.17. The van der Waals surface area contributed by atoms with Gasteiger partial charge in [-0.15, -0.1) is 0 Å². The summed E-state index contributed by atoms with van der Waals surface area (Å²) in [5, 5.41) is 0. The Kier molecular flexibility index (Phi) is 23.0. The van der Waals surface area contributed by atoms with E-state index < -0.39 is 0 Å². The molecule has 2 aromatic heterocycles. The molecule has 0 aliphatic carbocycles.